The van der Waals surface area contributed by atoms with Gasteiger partial charge in [0, 0.05) is 0 Å². The number of rotatable bonds is 2. The third-order valence-electron chi connectivity index (χ3n) is 2.14. The summed E-state index contributed by atoms with van der Waals surface area (Å²) in [6.07, 6.45) is 0.285. The molecule has 62 valence electrons. The smallest absolute Gasteiger partial charge is 0.106 e. The fourth-order valence-corrected chi connectivity index (χ4v) is 1.20. The molecule has 1 aliphatic heterocycles. The Bertz CT molecular complexity index is 293. The van der Waals surface area contributed by atoms with E-state index in [2.05, 4.69) is 37.8 Å². The summed E-state index contributed by atoms with van der Waals surface area (Å²) in [5.41, 5.74) is 3.58. The van der Waals surface area contributed by atoms with Crippen LogP contribution in [0.2, 0.25) is 0 Å². The first kappa shape index (κ1) is 7.56. The van der Waals surface area contributed by atoms with E-state index in [4.69, 9.17) is 4.74 Å². The number of benzene rings is 1. The van der Waals surface area contributed by atoms with E-state index in [0.717, 1.165) is 12.2 Å². The highest BCUT2D eigenvalue weighted by atomic mass is 16.6. The van der Waals surface area contributed by atoms with Gasteiger partial charge in [-0.25, -0.2) is 0 Å². The first-order valence-corrected chi connectivity index (χ1v) is 4.15. The number of hydrogen-bond acceptors (Lipinski definition) is 1. The van der Waals surface area contributed by atoms with Crippen LogP contribution in [0.25, 0.3) is 5.57 Å². The van der Waals surface area contributed by atoms with Crippen molar-refractivity contribution in [1.29, 1.82) is 0 Å². The van der Waals surface area contributed by atoms with Crippen LogP contribution in [0, 0.1) is 6.92 Å². The van der Waals surface area contributed by atoms with Crippen LogP contribution in [0.15, 0.2) is 30.8 Å². The maximum absolute atomic E-state index is 5.16. The molecule has 0 aliphatic carbocycles. The lowest BCUT2D eigenvalue weighted by atomic mass is 10.0. The minimum absolute atomic E-state index is 0.285. The lowest BCUT2D eigenvalue weighted by Gasteiger charge is -2.01. The number of aryl methyl sites for hydroxylation is 1. The third kappa shape index (κ3) is 1.41. The molecule has 12 heavy (non-hydrogen) atoms. The van der Waals surface area contributed by atoms with Crippen molar-refractivity contribution in [2.45, 2.75) is 13.0 Å². The van der Waals surface area contributed by atoms with Gasteiger partial charge in [-0.3, -0.25) is 0 Å². The number of ether oxygens (including phenoxy) is 1. The zero-order valence-electron chi connectivity index (χ0n) is 7.21. The summed E-state index contributed by atoms with van der Waals surface area (Å²) >= 11 is 0. The SMILES string of the molecule is C=C(c1ccc(C)cc1)C1CO1. The Morgan fingerprint density at radius 1 is 1.42 bits per heavy atom. The van der Waals surface area contributed by atoms with Crippen molar-refractivity contribution in [3.05, 3.63) is 42.0 Å². The molecular formula is C11H12O. The highest BCUT2D eigenvalue weighted by molar-refractivity contribution is 5.68. The van der Waals surface area contributed by atoms with Crippen molar-refractivity contribution < 1.29 is 4.74 Å². The van der Waals surface area contributed by atoms with Crippen molar-refractivity contribution in [3.8, 4) is 0 Å². The van der Waals surface area contributed by atoms with Crippen molar-refractivity contribution in [3.63, 3.8) is 0 Å². The van der Waals surface area contributed by atoms with E-state index in [1.165, 1.54) is 11.1 Å². The molecule has 0 N–H and O–H groups in total. The summed E-state index contributed by atoms with van der Waals surface area (Å²) in [4.78, 5) is 0. The van der Waals surface area contributed by atoms with Crippen LogP contribution in [-0.2, 0) is 4.74 Å². The summed E-state index contributed by atoms with van der Waals surface area (Å²) in [6, 6.07) is 8.39. The maximum atomic E-state index is 5.16. The first-order chi connectivity index (χ1) is 5.77. The molecule has 1 heteroatoms. The van der Waals surface area contributed by atoms with Gasteiger partial charge in [-0.15, -0.1) is 0 Å². The van der Waals surface area contributed by atoms with E-state index >= 15 is 0 Å². The second-order valence-corrected chi connectivity index (χ2v) is 3.21. The molecule has 0 radical (unpaired) electrons. The van der Waals surface area contributed by atoms with E-state index < -0.39 is 0 Å². The average Bonchev–Trinajstić information content (AvgIpc) is 2.87. The van der Waals surface area contributed by atoms with Crippen LogP contribution >= 0.6 is 0 Å². The Kier molecular flexibility index (Phi) is 1.74. The molecule has 0 saturated carbocycles. The van der Waals surface area contributed by atoms with Crippen LogP contribution in [-0.4, -0.2) is 12.7 Å². The molecular weight excluding hydrogens is 148 g/mol. The average molecular weight is 160 g/mol. The van der Waals surface area contributed by atoms with Gasteiger partial charge < -0.3 is 4.74 Å². The summed E-state index contributed by atoms with van der Waals surface area (Å²) in [7, 11) is 0. The predicted octanol–water partition coefficient (Wildman–Crippen LogP) is 2.41. The van der Waals surface area contributed by atoms with Gasteiger partial charge in [0.15, 0.2) is 0 Å². The lowest BCUT2D eigenvalue weighted by Crippen LogP contribution is -1.89. The standard InChI is InChI=1S/C11H12O/c1-8-3-5-10(6-4-8)9(2)11-7-12-11/h3-6,11H,2,7H2,1H3. The van der Waals surface area contributed by atoms with Crippen LogP contribution < -0.4 is 0 Å². The van der Waals surface area contributed by atoms with E-state index in [0.29, 0.717) is 0 Å². The molecule has 2 rings (SSSR count). The van der Waals surface area contributed by atoms with Crippen LogP contribution in [0.1, 0.15) is 11.1 Å². The molecule has 1 heterocycles. The molecule has 0 amide bonds. The normalized spacial score (nSPS) is 20.6. The Hall–Kier alpha value is -1.08. The fourth-order valence-electron chi connectivity index (χ4n) is 1.20. The van der Waals surface area contributed by atoms with Crippen LogP contribution in [0.5, 0.6) is 0 Å². The molecule has 0 spiro atoms. The molecule has 0 bridgehead atoms. The van der Waals surface area contributed by atoms with Gasteiger partial charge in [-0.2, -0.15) is 0 Å². The van der Waals surface area contributed by atoms with Crippen LogP contribution in [0.4, 0.5) is 0 Å². The fraction of sp³-hybridized carbons (Fsp3) is 0.273. The molecule has 1 nitrogen and oxygen atoms in total. The molecule has 1 saturated heterocycles. The van der Waals surface area contributed by atoms with Gasteiger partial charge >= 0.3 is 0 Å². The van der Waals surface area contributed by atoms with Gasteiger partial charge in [0.25, 0.3) is 0 Å². The second-order valence-electron chi connectivity index (χ2n) is 3.21. The second kappa shape index (κ2) is 2.76. The summed E-state index contributed by atoms with van der Waals surface area (Å²) in [5, 5.41) is 0. The Morgan fingerprint density at radius 2 is 2.00 bits per heavy atom. The highest BCUT2D eigenvalue weighted by Gasteiger charge is 2.26. The number of hydrogen-bond donors (Lipinski definition) is 0. The molecule has 1 unspecified atom stereocenters. The molecule has 1 aliphatic rings. The van der Waals surface area contributed by atoms with Crippen molar-refractivity contribution in [1.82, 2.24) is 0 Å². The van der Waals surface area contributed by atoms with E-state index in [1.807, 2.05) is 0 Å². The molecule has 1 fully saturated rings. The van der Waals surface area contributed by atoms with Gasteiger partial charge in [0.2, 0.25) is 0 Å². The number of epoxide rings is 1. The predicted molar refractivity (Wildman–Crippen MR) is 50.0 cm³/mol. The van der Waals surface area contributed by atoms with Gasteiger partial charge in [0.05, 0.1) is 6.61 Å². The Morgan fingerprint density at radius 3 is 2.50 bits per heavy atom. The van der Waals surface area contributed by atoms with E-state index in [1.54, 1.807) is 0 Å². The molecule has 1 atom stereocenters. The first-order valence-electron chi connectivity index (χ1n) is 4.15. The van der Waals surface area contributed by atoms with Crippen molar-refractivity contribution in [2.24, 2.45) is 0 Å². The largest absolute Gasteiger partial charge is 0.368 e. The third-order valence-corrected chi connectivity index (χ3v) is 2.14. The quantitative estimate of drug-likeness (QED) is 0.605. The zero-order chi connectivity index (χ0) is 8.55. The summed E-state index contributed by atoms with van der Waals surface area (Å²) in [5.74, 6) is 0. The van der Waals surface area contributed by atoms with E-state index in [-0.39, 0.29) is 6.10 Å². The molecule has 0 aromatic heterocycles. The van der Waals surface area contributed by atoms with Crippen LogP contribution in [0.3, 0.4) is 0 Å². The topological polar surface area (TPSA) is 12.5 Å². The molecule has 1 aromatic carbocycles. The van der Waals surface area contributed by atoms with Gasteiger partial charge in [0.1, 0.15) is 6.10 Å². The van der Waals surface area contributed by atoms with Gasteiger partial charge in [-0.1, -0.05) is 36.4 Å². The molecule has 1 aromatic rings. The highest BCUT2D eigenvalue weighted by Crippen LogP contribution is 2.26. The zero-order valence-corrected chi connectivity index (χ0v) is 7.21. The maximum Gasteiger partial charge on any atom is 0.106 e. The lowest BCUT2D eigenvalue weighted by molar-refractivity contribution is 0.445. The van der Waals surface area contributed by atoms with Crippen molar-refractivity contribution in [2.75, 3.05) is 6.61 Å². The summed E-state index contributed by atoms with van der Waals surface area (Å²) < 4.78 is 5.16. The minimum Gasteiger partial charge on any atom is -0.368 e. The van der Waals surface area contributed by atoms with Crippen molar-refractivity contribution >= 4 is 5.57 Å². The monoisotopic (exact) mass is 160 g/mol. The Labute approximate surface area is 72.7 Å². The minimum atomic E-state index is 0.285. The van der Waals surface area contributed by atoms with Gasteiger partial charge in [-0.05, 0) is 18.1 Å². The summed E-state index contributed by atoms with van der Waals surface area (Å²) in [6.45, 7) is 6.92. The Balaban J connectivity index is 2.22. The van der Waals surface area contributed by atoms with E-state index in [9.17, 15) is 0 Å².